The molecule has 72 valence electrons. The van der Waals surface area contributed by atoms with Crippen LogP contribution in [0, 0.1) is 0 Å². The topological polar surface area (TPSA) is 55.2 Å². The molecule has 0 aromatic carbocycles. The zero-order valence-electron chi connectivity index (χ0n) is 7.79. The molecule has 15 heavy (non-hydrogen) atoms. The van der Waals surface area contributed by atoms with Gasteiger partial charge in [0.15, 0.2) is 0 Å². The van der Waals surface area contributed by atoms with Crippen LogP contribution in [0.25, 0.3) is 11.3 Å². The van der Waals surface area contributed by atoms with Gasteiger partial charge < -0.3 is 0 Å². The normalized spacial score (nSPS) is 9.33. The maximum atomic E-state index is 10.0. The van der Waals surface area contributed by atoms with E-state index in [1.54, 1.807) is 24.5 Å². The molecule has 0 aliphatic rings. The summed E-state index contributed by atoms with van der Waals surface area (Å²) < 4.78 is 0. The third kappa shape index (κ3) is 2.13. The van der Waals surface area contributed by atoms with E-state index in [0.29, 0.717) is 5.69 Å². The first-order valence-corrected chi connectivity index (χ1v) is 4.34. The quantitative estimate of drug-likeness (QED) is 0.547. The summed E-state index contributed by atoms with van der Waals surface area (Å²) in [7, 11) is 0. The van der Waals surface area contributed by atoms with Gasteiger partial charge in [-0.3, -0.25) is 9.97 Å². The van der Waals surface area contributed by atoms with Gasteiger partial charge in [-0.1, -0.05) is 0 Å². The van der Waals surface area contributed by atoms with Crippen molar-refractivity contribution >= 4 is 11.8 Å². The largest absolute Gasteiger partial charge is 0.265 e. The summed E-state index contributed by atoms with van der Waals surface area (Å²) >= 11 is 0. The Balaban J connectivity index is 2.36. The molecule has 0 unspecified atom stereocenters. The van der Waals surface area contributed by atoms with Crippen LogP contribution in [0.2, 0.25) is 0 Å². The first kappa shape index (κ1) is 9.24. The summed E-state index contributed by atoms with van der Waals surface area (Å²) in [6, 6.07) is 7.25. The van der Waals surface area contributed by atoms with E-state index in [4.69, 9.17) is 0 Å². The van der Waals surface area contributed by atoms with E-state index in [2.05, 4.69) is 15.0 Å². The molecule has 0 radical (unpaired) electrons. The maximum Gasteiger partial charge on any atom is 0.240 e. The number of isocyanates is 1. The number of aliphatic imine (C=N–C) groups is 1. The van der Waals surface area contributed by atoms with Crippen molar-refractivity contribution in [1.82, 2.24) is 9.97 Å². The Kier molecular flexibility index (Phi) is 2.63. The van der Waals surface area contributed by atoms with Gasteiger partial charge in [0.1, 0.15) is 0 Å². The molecule has 2 aromatic heterocycles. The van der Waals surface area contributed by atoms with Gasteiger partial charge in [-0.2, -0.15) is 4.99 Å². The lowest BCUT2D eigenvalue weighted by Crippen LogP contribution is -1.82. The molecule has 4 nitrogen and oxygen atoms in total. The Morgan fingerprint density at radius 2 is 1.93 bits per heavy atom. The predicted octanol–water partition coefficient (Wildman–Crippen LogP) is 2.11. The molecule has 0 bridgehead atoms. The summed E-state index contributed by atoms with van der Waals surface area (Å²) in [4.78, 5) is 21.5. The van der Waals surface area contributed by atoms with Gasteiger partial charge in [0, 0.05) is 18.0 Å². The van der Waals surface area contributed by atoms with Gasteiger partial charge >= 0.3 is 0 Å². The van der Waals surface area contributed by atoms with Crippen LogP contribution in [0.4, 0.5) is 5.69 Å². The zero-order valence-corrected chi connectivity index (χ0v) is 7.79. The Morgan fingerprint density at radius 3 is 2.53 bits per heavy atom. The smallest absolute Gasteiger partial charge is 0.240 e. The van der Waals surface area contributed by atoms with Crippen LogP contribution in [0.15, 0.2) is 47.8 Å². The number of aromatic nitrogens is 2. The van der Waals surface area contributed by atoms with E-state index < -0.39 is 0 Å². The molecule has 0 aliphatic carbocycles. The minimum Gasteiger partial charge on any atom is -0.265 e. The van der Waals surface area contributed by atoms with Gasteiger partial charge in [0.2, 0.25) is 6.08 Å². The molecule has 2 rings (SSSR count). The highest BCUT2D eigenvalue weighted by molar-refractivity contribution is 5.60. The fourth-order valence-electron chi connectivity index (χ4n) is 1.20. The monoisotopic (exact) mass is 197 g/mol. The second-order valence-electron chi connectivity index (χ2n) is 2.84. The third-order valence-electron chi connectivity index (χ3n) is 1.90. The summed E-state index contributed by atoms with van der Waals surface area (Å²) in [6.45, 7) is 0. The molecule has 0 saturated heterocycles. The molecule has 0 amide bonds. The number of hydrogen-bond donors (Lipinski definition) is 0. The Bertz CT molecular complexity index is 487. The molecule has 0 N–H and O–H groups in total. The molecular formula is C11H7N3O. The Hall–Kier alpha value is -2.32. The molecule has 0 saturated carbocycles. The van der Waals surface area contributed by atoms with E-state index in [1.165, 1.54) is 12.3 Å². The molecule has 0 atom stereocenters. The van der Waals surface area contributed by atoms with Crippen LogP contribution in [0.3, 0.4) is 0 Å². The second kappa shape index (κ2) is 4.26. The van der Waals surface area contributed by atoms with Crippen molar-refractivity contribution in [2.75, 3.05) is 0 Å². The molecule has 4 heteroatoms. The van der Waals surface area contributed by atoms with Gasteiger partial charge in [0.05, 0.1) is 17.6 Å². The molecule has 0 fully saturated rings. The lowest BCUT2D eigenvalue weighted by molar-refractivity contribution is 0.565. The highest BCUT2D eigenvalue weighted by atomic mass is 16.1. The average molecular weight is 197 g/mol. The SMILES string of the molecule is O=C=Nc1ccc(-c2ccncc2)nc1. The fourth-order valence-corrected chi connectivity index (χ4v) is 1.20. The van der Waals surface area contributed by atoms with Crippen molar-refractivity contribution < 1.29 is 4.79 Å². The Labute approximate surface area is 86.3 Å². The zero-order chi connectivity index (χ0) is 10.5. The van der Waals surface area contributed by atoms with Crippen molar-refractivity contribution in [2.24, 2.45) is 4.99 Å². The highest BCUT2D eigenvalue weighted by Crippen LogP contribution is 2.18. The van der Waals surface area contributed by atoms with Crippen molar-refractivity contribution in [1.29, 1.82) is 0 Å². The number of rotatable bonds is 2. The van der Waals surface area contributed by atoms with Crippen LogP contribution in [0.1, 0.15) is 0 Å². The van der Waals surface area contributed by atoms with E-state index in [0.717, 1.165) is 11.3 Å². The summed E-state index contributed by atoms with van der Waals surface area (Å²) in [5, 5.41) is 0. The average Bonchev–Trinajstić information content (AvgIpc) is 2.32. The third-order valence-corrected chi connectivity index (χ3v) is 1.90. The lowest BCUT2D eigenvalue weighted by Gasteiger charge is -1.98. The second-order valence-corrected chi connectivity index (χ2v) is 2.84. The van der Waals surface area contributed by atoms with Gasteiger partial charge in [0.25, 0.3) is 0 Å². The van der Waals surface area contributed by atoms with Crippen molar-refractivity contribution in [3.63, 3.8) is 0 Å². The lowest BCUT2D eigenvalue weighted by atomic mass is 10.2. The molecular weight excluding hydrogens is 190 g/mol. The van der Waals surface area contributed by atoms with E-state index >= 15 is 0 Å². The number of nitrogens with zero attached hydrogens (tertiary/aromatic N) is 3. The van der Waals surface area contributed by atoms with Crippen molar-refractivity contribution in [2.45, 2.75) is 0 Å². The van der Waals surface area contributed by atoms with Crippen molar-refractivity contribution in [3.05, 3.63) is 42.9 Å². The minimum absolute atomic E-state index is 0.503. The van der Waals surface area contributed by atoms with E-state index in [1.807, 2.05) is 12.1 Å². The van der Waals surface area contributed by atoms with Crippen molar-refractivity contribution in [3.8, 4) is 11.3 Å². The molecule has 0 spiro atoms. The summed E-state index contributed by atoms with van der Waals surface area (Å²) in [5.74, 6) is 0. The molecule has 2 aromatic rings. The van der Waals surface area contributed by atoms with Gasteiger partial charge in [-0.05, 0) is 24.3 Å². The van der Waals surface area contributed by atoms with E-state index in [-0.39, 0.29) is 0 Å². The van der Waals surface area contributed by atoms with Crippen LogP contribution in [-0.2, 0) is 4.79 Å². The predicted molar refractivity (Wildman–Crippen MR) is 55.2 cm³/mol. The molecule has 0 aliphatic heterocycles. The summed E-state index contributed by atoms with van der Waals surface area (Å²) in [6.07, 6.45) is 6.40. The number of carbonyl (C=O) groups excluding carboxylic acids is 1. The standard InChI is InChI=1S/C11H7N3O/c15-8-14-10-1-2-11(13-7-10)9-3-5-12-6-4-9/h1-7H. The number of pyridine rings is 2. The summed E-state index contributed by atoms with van der Waals surface area (Å²) in [5.41, 5.74) is 2.30. The minimum atomic E-state index is 0.503. The van der Waals surface area contributed by atoms with Gasteiger partial charge in [-0.25, -0.2) is 4.79 Å². The van der Waals surface area contributed by atoms with E-state index in [9.17, 15) is 4.79 Å². The van der Waals surface area contributed by atoms with Crippen LogP contribution in [0.5, 0.6) is 0 Å². The maximum absolute atomic E-state index is 10.0. The first-order valence-electron chi connectivity index (χ1n) is 4.34. The van der Waals surface area contributed by atoms with Crippen LogP contribution < -0.4 is 0 Å². The van der Waals surface area contributed by atoms with Crippen LogP contribution in [-0.4, -0.2) is 16.0 Å². The fraction of sp³-hybridized carbons (Fsp3) is 0. The number of hydrogen-bond acceptors (Lipinski definition) is 4. The molecule has 2 heterocycles. The Morgan fingerprint density at radius 1 is 1.13 bits per heavy atom. The first-order chi connectivity index (χ1) is 7.40. The van der Waals surface area contributed by atoms with Gasteiger partial charge in [-0.15, -0.1) is 0 Å². The highest BCUT2D eigenvalue weighted by Gasteiger charge is 1.97. The van der Waals surface area contributed by atoms with Crippen LogP contribution >= 0.6 is 0 Å².